The van der Waals surface area contributed by atoms with Gasteiger partial charge in [0.2, 0.25) is 0 Å². The molecule has 0 saturated heterocycles. The second-order valence-corrected chi connectivity index (χ2v) is 12.2. The molecule has 1 N–H and O–H groups in total. The molecule has 264 valence electrons. The van der Waals surface area contributed by atoms with Gasteiger partial charge in [-0.2, -0.15) is 0 Å². The van der Waals surface area contributed by atoms with Crippen molar-refractivity contribution < 1.29 is 43.0 Å². The van der Waals surface area contributed by atoms with E-state index in [0.717, 1.165) is 0 Å². The Morgan fingerprint density at radius 2 is 0.942 bits per heavy atom. The van der Waals surface area contributed by atoms with Crippen molar-refractivity contribution >= 4 is 85.4 Å². The van der Waals surface area contributed by atoms with Crippen LogP contribution in [0, 0.1) is 13.8 Å². The molecule has 0 radical (unpaired) electrons. The van der Waals surface area contributed by atoms with E-state index in [1.807, 2.05) is 0 Å². The normalized spacial score (nSPS) is 10.6. The zero-order chi connectivity index (χ0) is 38.3. The van der Waals surface area contributed by atoms with Crippen LogP contribution in [-0.4, -0.2) is 67.9 Å². The zero-order valence-corrected chi connectivity index (χ0v) is 31.1. The Morgan fingerprint density at radius 3 is 1.23 bits per heavy atom. The summed E-state index contributed by atoms with van der Waals surface area (Å²) in [5, 5.41) is 24.7. The number of nitrogens with zero attached hydrogens (tertiary/aromatic N) is 2. The van der Waals surface area contributed by atoms with Crippen LogP contribution in [0.2, 0.25) is 10.0 Å². The summed E-state index contributed by atoms with van der Waals surface area (Å²) in [5.74, 6) is -1.75. The molecule has 0 atom stereocenters. The first-order chi connectivity index (χ1) is 24.8. The topological polar surface area (TPSA) is 163 Å². The van der Waals surface area contributed by atoms with E-state index < -0.39 is 11.9 Å². The molecule has 0 unspecified atom stereocenters. The second-order valence-electron chi connectivity index (χ2n) is 11.3. The molecule has 14 heteroatoms. The van der Waals surface area contributed by atoms with Crippen molar-refractivity contribution in [3.05, 3.63) is 129 Å². The van der Waals surface area contributed by atoms with E-state index in [-0.39, 0.29) is 24.7 Å². The summed E-state index contributed by atoms with van der Waals surface area (Å²) in [6.45, 7) is 3.44. The molecular weight excluding hydrogens is 726 g/mol. The Kier molecular flexibility index (Phi) is 13.3. The molecule has 0 spiro atoms. The SMILES string of the molecule is COc1ccc2c(c1)c(CC(=O)[O-])c(C)n2C(=O)c1ccc(Cl)cc1.COc1ccc2c(c1)c(CC(=O)[O-])c(C)n2C(=O)c1ccc(Cl)cc1.[OH][Al+2]. The van der Waals surface area contributed by atoms with Crippen LogP contribution < -0.4 is 19.7 Å². The van der Waals surface area contributed by atoms with Crippen molar-refractivity contribution in [2.45, 2.75) is 26.7 Å². The number of aromatic nitrogens is 2. The molecule has 2 heterocycles. The van der Waals surface area contributed by atoms with Crippen LogP contribution in [0.3, 0.4) is 0 Å². The van der Waals surface area contributed by atoms with E-state index in [2.05, 4.69) is 0 Å². The maximum atomic E-state index is 13.0. The Balaban J connectivity index is 0.000000222. The fraction of sp³-hybridized carbons (Fsp3) is 0.158. The number of carboxylic acid groups (broad SMARTS) is 2. The molecule has 0 amide bonds. The molecule has 0 aliphatic carbocycles. The molecular formula is C38H31AlCl2N2O9. The van der Waals surface area contributed by atoms with Crippen molar-refractivity contribution in [3.8, 4) is 11.5 Å². The van der Waals surface area contributed by atoms with Gasteiger partial charge in [-0.15, -0.1) is 0 Å². The molecule has 0 bridgehead atoms. The van der Waals surface area contributed by atoms with Crippen molar-refractivity contribution in [1.82, 2.24) is 9.13 Å². The predicted molar refractivity (Wildman–Crippen MR) is 194 cm³/mol. The van der Waals surface area contributed by atoms with Crippen LogP contribution in [0.1, 0.15) is 43.2 Å². The first-order valence-electron chi connectivity index (χ1n) is 15.5. The average molecular weight is 758 g/mol. The van der Waals surface area contributed by atoms with Crippen LogP contribution >= 0.6 is 23.2 Å². The Labute approximate surface area is 317 Å². The summed E-state index contributed by atoms with van der Waals surface area (Å²) in [7, 11) is 3.06. The average Bonchev–Trinajstić information content (AvgIpc) is 3.56. The van der Waals surface area contributed by atoms with Gasteiger partial charge in [-0.05, 0) is 110 Å². The van der Waals surface area contributed by atoms with Gasteiger partial charge >= 0.3 is 20.8 Å². The molecule has 11 nitrogen and oxygen atoms in total. The number of carbonyl (C=O) groups is 4. The number of halogens is 2. The number of aliphatic carboxylic acids is 2. The van der Waals surface area contributed by atoms with Gasteiger partial charge in [-0.25, -0.2) is 0 Å². The molecule has 4 aromatic carbocycles. The second kappa shape index (κ2) is 17.4. The molecule has 0 fully saturated rings. The minimum absolute atomic E-state index is 0.256. The third-order valence-electron chi connectivity index (χ3n) is 8.31. The van der Waals surface area contributed by atoms with Crippen LogP contribution in [0.15, 0.2) is 84.9 Å². The van der Waals surface area contributed by atoms with E-state index in [1.54, 1.807) is 98.8 Å². The number of benzene rings is 4. The van der Waals surface area contributed by atoms with E-state index in [1.165, 1.54) is 40.0 Å². The summed E-state index contributed by atoms with van der Waals surface area (Å²) in [6, 6.07) is 23.5. The minimum atomic E-state index is -1.20. The molecule has 2 aromatic heterocycles. The summed E-state index contributed by atoms with van der Waals surface area (Å²) >= 11 is 13.2. The standard InChI is InChI=1S/2C19H16ClNO4.Al.H2O/c2*1-11-15(10-18(22)23)16-9-14(25-2)7-8-17(16)21(11)19(24)12-3-5-13(20)6-4-12;;/h2*3-9H,10H2,1-2H3,(H,22,23);;1H2/q;;+3;/p-3. The van der Waals surface area contributed by atoms with E-state index >= 15 is 0 Å². The van der Waals surface area contributed by atoms with Crippen LogP contribution in [-0.2, 0) is 22.4 Å². The summed E-state index contributed by atoms with van der Waals surface area (Å²) in [5.41, 5.74) is 4.36. The van der Waals surface area contributed by atoms with Crippen molar-refractivity contribution in [2.75, 3.05) is 14.2 Å². The number of rotatable bonds is 8. The van der Waals surface area contributed by atoms with Crippen molar-refractivity contribution in [3.63, 3.8) is 0 Å². The quantitative estimate of drug-likeness (QED) is 0.224. The number of hydrogen-bond acceptors (Lipinski definition) is 9. The molecule has 0 saturated carbocycles. The number of carboxylic acids is 2. The summed E-state index contributed by atoms with van der Waals surface area (Å²) < 4.78 is 20.4. The van der Waals surface area contributed by atoms with Gasteiger partial charge in [0.1, 0.15) is 11.5 Å². The Bertz CT molecular complexity index is 2120. The zero-order valence-electron chi connectivity index (χ0n) is 28.4. The number of carbonyl (C=O) groups excluding carboxylic acids is 4. The summed E-state index contributed by atoms with van der Waals surface area (Å²) in [4.78, 5) is 48.3. The van der Waals surface area contributed by atoms with E-state index in [9.17, 15) is 29.4 Å². The predicted octanol–water partition coefficient (Wildman–Crippen LogP) is 4.25. The van der Waals surface area contributed by atoms with Crippen molar-refractivity contribution in [1.29, 1.82) is 0 Å². The van der Waals surface area contributed by atoms with Crippen LogP contribution in [0.4, 0.5) is 0 Å². The number of ether oxygens (including phenoxy) is 2. The monoisotopic (exact) mass is 756 g/mol. The molecule has 6 aromatic rings. The van der Waals surface area contributed by atoms with Gasteiger partial charge in [0.05, 0.1) is 25.3 Å². The maximum absolute atomic E-state index is 13.0. The fourth-order valence-electron chi connectivity index (χ4n) is 5.88. The summed E-state index contributed by atoms with van der Waals surface area (Å²) in [6.07, 6.45) is -0.563. The van der Waals surface area contributed by atoms with Gasteiger partial charge in [0.25, 0.3) is 11.8 Å². The molecule has 52 heavy (non-hydrogen) atoms. The third-order valence-corrected chi connectivity index (χ3v) is 8.82. The van der Waals surface area contributed by atoms with E-state index in [0.29, 0.717) is 77.0 Å². The Morgan fingerprint density at radius 1 is 0.615 bits per heavy atom. The van der Waals surface area contributed by atoms with E-state index in [4.69, 9.17) is 36.8 Å². The van der Waals surface area contributed by atoms with Gasteiger partial charge in [-0.3, -0.25) is 18.7 Å². The molecule has 0 aliphatic heterocycles. The first kappa shape index (κ1) is 39.7. The first-order valence-corrected chi connectivity index (χ1v) is 16.7. The number of methoxy groups -OCH3 is 2. The third kappa shape index (κ3) is 8.50. The van der Waals surface area contributed by atoms with Crippen LogP contribution in [0.25, 0.3) is 21.8 Å². The van der Waals surface area contributed by atoms with Gasteiger partial charge in [-0.1, -0.05) is 23.2 Å². The van der Waals surface area contributed by atoms with Crippen molar-refractivity contribution in [2.24, 2.45) is 0 Å². The van der Waals surface area contributed by atoms with Gasteiger partial charge < -0.3 is 29.3 Å². The number of hydrogen-bond donors (Lipinski definition) is 1. The fourth-order valence-corrected chi connectivity index (χ4v) is 6.13. The molecule has 0 aliphatic rings. The van der Waals surface area contributed by atoms with Gasteiger partial charge in [0.15, 0.2) is 0 Å². The molecule has 6 rings (SSSR count). The Hall–Kier alpha value is -5.09. The number of fused-ring (bicyclic) bond motifs is 2. The van der Waals surface area contributed by atoms with Gasteiger partial charge in [0, 0.05) is 68.1 Å². The van der Waals surface area contributed by atoms with Crippen LogP contribution in [0.5, 0.6) is 11.5 Å².